The second-order valence-electron chi connectivity index (χ2n) is 12.4. The van der Waals surface area contributed by atoms with Gasteiger partial charge in [-0.25, -0.2) is 4.79 Å². The van der Waals surface area contributed by atoms with Crippen LogP contribution in [-0.2, 0) is 22.5 Å². The van der Waals surface area contributed by atoms with Crippen LogP contribution in [0.25, 0.3) is 0 Å². The van der Waals surface area contributed by atoms with Gasteiger partial charge in [0, 0.05) is 43.6 Å². The zero-order chi connectivity index (χ0) is 35.0. The van der Waals surface area contributed by atoms with E-state index in [4.69, 9.17) is 21.8 Å². The summed E-state index contributed by atoms with van der Waals surface area (Å²) >= 11 is 4.78. The van der Waals surface area contributed by atoms with E-state index in [2.05, 4.69) is 25.9 Å². The molecule has 0 bridgehead atoms. The van der Waals surface area contributed by atoms with Crippen molar-refractivity contribution in [2.24, 2.45) is 0 Å². The fourth-order valence-corrected chi connectivity index (χ4v) is 6.60. The van der Waals surface area contributed by atoms with Gasteiger partial charge in [0.05, 0.1) is 12.2 Å². The predicted molar refractivity (Wildman–Crippen MR) is 191 cm³/mol. The van der Waals surface area contributed by atoms with E-state index in [-0.39, 0.29) is 12.2 Å². The molecule has 1 aliphatic heterocycles. The van der Waals surface area contributed by atoms with Crippen LogP contribution >= 0.6 is 12.6 Å². The molecule has 2 amide bonds. The van der Waals surface area contributed by atoms with Crippen molar-refractivity contribution in [1.29, 1.82) is 0 Å². The first-order valence-electron chi connectivity index (χ1n) is 16.6. The van der Waals surface area contributed by atoms with E-state index >= 15 is 0 Å². The van der Waals surface area contributed by atoms with E-state index in [1.54, 1.807) is 10.9 Å². The number of likely N-dealkylation sites (N-methyl/N-ethyl adjacent to an activating group) is 1. The summed E-state index contributed by atoms with van der Waals surface area (Å²) in [5, 5.41) is 28.9. The summed E-state index contributed by atoms with van der Waals surface area (Å²) in [4.78, 5) is 27.6. The topological polar surface area (TPSA) is 148 Å². The van der Waals surface area contributed by atoms with Crippen molar-refractivity contribution in [2.45, 2.75) is 55.7 Å². The van der Waals surface area contributed by atoms with Crippen molar-refractivity contribution in [3.63, 3.8) is 0 Å². The van der Waals surface area contributed by atoms with Gasteiger partial charge in [-0.3, -0.25) is 14.4 Å². The molecule has 1 fully saturated rings. The standard InChI is InChI=1S/C37H41N7O5S/c1-24-19-20-39-44(24)23-31-41-42-36(49-31)34(50)30-22-38-21-28(48-30)18-17-25-11-9-10-16-29(25)40-35(45)33(43(2)37(46)47)32(26-12-5-3-6-13-26)27-14-7-4-8-15-27/h3-16,19-20,28,30,32-34,38,50H,17-18,21-23H2,1-2H3,(H,40,45)(H,46,47)/t28-,30+,33+,34?/m1/s1. The molecule has 2 aromatic heterocycles. The van der Waals surface area contributed by atoms with Crippen LogP contribution in [0.5, 0.6) is 0 Å². The number of hydrogen-bond donors (Lipinski definition) is 4. The third-order valence-corrected chi connectivity index (χ3v) is 9.57. The molecule has 6 rings (SSSR count). The quantitative estimate of drug-likeness (QED) is 0.120. The number of carboxylic acid groups (broad SMARTS) is 1. The van der Waals surface area contributed by atoms with Gasteiger partial charge in [-0.15, -0.1) is 10.2 Å². The van der Waals surface area contributed by atoms with Gasteiger partial charge in [-0.1, -0.05) is 78.9 Å². The number of thiol groups is 1. The Morgan fingerprint density at radius 2 is 1.68 bits per heavy atom. The largest absolute Gasteiger partial charge is 0.465 e. The molecule has 1 unspecified atom stereocenters. The number of amides is 2. The van der Waals surface area contributed by atoms with Gasteiger partial charge in [0.2, 0.25) is 17.7 Å². The van der Waals surface area contributed by atoms with E-state index in [1.807, 2.05) is 97.9 Å². The maximum atomic E-state index is 14.2. The van der Waals surface area contributed by atoms with Crippen molar-refractivity contribution in [3.8, 4) is 0 Å². The molecule has 50 heavy (non-hydrogen) atoms. The number of carbonyl (C=O) groups is 2. The monoisotopic (exact) mass is 695 g/mol. The number of aromatic nitrogens is 4. The first-order chi connectivity index (χ1) is 24.3. The molecule has 1 saturated heterocycles. The summed E-state index contributed by atoms with van der Waals surface area (Å²) < 4.78 is 14.2. The van der Waals surface area contributed by atoms with Crippen LogP contribution in [0, 0.1) is 6.92 Å². The van der Waals surface area contributed by atoms with Gasteiger partial charge in [-0.05, 0) is 48.6 Å². The Labute approximate surface area is 296 Å². The Balaban J connectivity index is 1.14. The lowest BCUT2D eigenvalue weighted by Gasteiger charge is -2.33. The number of carbonyl (C=O) groups excluding carboxylic acids is 1. The summed E-state index contributed by atoms with van der Waals surface area (Å²) in [5.74, 6) is -0.127. The van der Waals surface area contributed by atoms with E-state index < -0.39 is 29.2 Å². The number of nitrogens with zero attached hydrogens (tertiary/aromatic N) is 5. The van der Waals surface area contributed by atoms with E-state index in [0.29, 0.717) is 49.9 Å². The van der Waals surface area contributed by atoms with E-state index in [0.717, 1.165) is 27.3 Å². The first-order valence-corrected chi connectivity index (χ1v) is 17.1. The third-order valence-electron chi connectivity index (χ3n) is 9.02. The molecule has 4 atom stereocenters. The number of para-hydroxylation sites is 1. The minimum Gasteiger partial charge on any atom is -0.465 e. The number of benzene rings is 3. The number of hydrogen-bond acceptors (Lipinski definition) is 9. The maximum Gasteiger partial charge on any atom is 0.407 e. The van der Waals surface area contributed by atoms with Crippen molar-refractivity contribution >= 4 is 30.3 Å². The molecule has 0 spiro atoms. The Bertz CT molecular complexity index is 1830. The van der Waals surface area contributed by atoms with Crippen LogP contribution in [0.1, 0.15) is 51.8 Å². The summed E-state index contributed by atoms with van der Waals surface area (Å²) in [6.07, 6.45) is 1.38. The van der Waals surface area contributed by atoms with E-state index in [9.17, 15) is 14.7 Å². The zero-order valence-electron chi connectivity index (χ0n) is 27.9. The third kappa shape index (κ3) is 8.24. The van der Waals surface area contributed by atoms with Crippen LogP contribution < -0.4 is 10.6 Å². The SMILES string of the molecule is Cc1ccnn1Cc1nnc(C(S)[C@@H]2CNC[C@@H](CCc3ccccc3NC(=O)[C@H](C(c3ccccc3)c3ccccc3)N(C)C(=O)O)O2)o1. The molecule has 1 aliphatic rings. The van der Waals surface area contributed by atoms with Gasteiger partial charge in [-0.2, -0.15) is 17.7 Å². The zero-order valence-corrected chi connectivity index (χ0v) is 28.8. The first kappa shape index (κ1) is 34.9. The summed E-state index contributed by atoms with van der Waals surface area (Å²) in [6.45, 7) is 3.57. The van der Waals surface area contributed by atoms with Crippen molar-refractivity contribution in [1.82, 2.24) is 30.2 Å². The smallest absolute Gasteiger partial charge is 0.407 e. The molecule has 0 radical (unpaired) electrons. The number of aryl methyl sites for hydroxylation is 2. The average molecular weight is 696 g/mol. The number of rotatable bonds is 13. The highest BCUT2D eigenvalue weighted by Crippen LogP contribution is 2.33. The lowest BCUT2D eigenvalue weighted by Crippen LogP contribution is -2.48. The summed E-state index contributed by atoms with van der Waals surface area (Å²) in [7, 11) is 1.44. The summed E-state index contributed by atoms with van der Waals surface area (Å²) in [6, 6.07) is 27.5. The average Bonchev–Trinajstić information content (AvgIpc) is 3.79. The van der Waals surface area contributed by atoms with Crippen molar-refractivity contribution < 1.29 is 23.8 Å². The lowest BCUT2D eigenvalue weighted by molar-refractivity contribution is -0.120. The molecular weight excluding hydrogens is 655 g/mol. The number of nitrogens with one attached hydrogen (secondary N) is 2. The Morgan fingerprint density at radius 3 is 2.34 bits per heavy atom. The minimum atomic E-state index is -1.20. The van der Waals surface area contributed by atoms with Gasteiger partial charge >= 0.3 is 6.09 Å². The Kier molecular flexibility index (Phi) is 11.3. The predicted octanol–water partition coefficient (Wildman–Crippen LogP) is 5.33. The molecule has 3 aromatic carbocycles. The highest BCUT2D eigenvalue weighted by Gasteiger charge is 2.37. The lowest BCUT2D eigenvalue weighted by atomic mass is 9.84. The van der Waals surface area contributed by atoms with Crippen molar-refractivity contribution in [3.05, 3.63) is 131 Å². The molecule has 0 saturated carbocycles. The maximum absolute atomic E-state index is 14.2. The van der Waals surface area contributed by atoms with Crippen LogP contribution in [0.4, 0.5) is 10.5 Å². The second-order valence-corrected chi connectivity index (χ2v) is 12.9. The van der Waals surface area contributed by atoms with Crippen LogP contribution in [0.15, 0.2) is 102 Å². The Hall–Kier alpha value is -4.98. The second kappa shape index (κ2) is 16.2. The van der Waals surface area contributed by atoms with Crippen LogP contribution in [-0.4, -0.2) is 80.4 Å². The number of anilines is 1. The van der Waals surface area contributed by atoms with Crippen LogP contribution in [0.3, 0.4) is 0 Å². The van der Waals surface area contributed by atoms with Crippen molar-refractivity contribution in [2.75, 3.05) is 25.5 Å². The molecule has 3 N–H and O–H groups in total. The minimum absolute atomic E-state index is 0.132. The molecule has 5 aromatic rings. The molecule has 0 aliphatic carbocycles. The van der Waals surface area contributed by atoms with Gasteiger partial charge in [0.1, 0.15) is 17.8 Å². The highest BCUT2D eigenvalue weighted by molar-refractivity contribution is 7.80. The fraction of sp³-hybridized carbons (Fsp3) is 0.324. The molecular formula is C37H41N7O5S. The number of ether oxygens (including phenoxy) is 1. The van der Waals surface area contributed by atoms with Crippen LogP contribution in [0.2, 0.25) is 0 Å². The summed E-state index contributed by atoms with van der Waals surface area (Å²) in [5.41, 5.74) is 4.21. The molecule has 3 heterocycles. The Morgan fingerprint density at radius 1 is 1.00 bits per heavy atom. The van der Waals surface area contributed by atoms with E-state index in [1.165, 1.54) is 7.05 Å². The number of morpholine rings is 1. The van der Waals surface area contributed by atoms with Gasteiger partial charge < -0.3 is 24.9 Å². The fourth-order valence-electron chi connectivity index (χ4n) is 6.32. The normalized spacial score (nSPS) is 17.3. The molecule has 260 valence electrons. The van der Waals surface area contributed by atoms with Gasteiger partial charge in [0.15, 0.2) is 0 Å². The molecule has 13 heteroatoms. The highest BCUT2D eigenvalue weighted by atomic mass is 32.1. The molecule has 12 nitrogen and oxygen atoms in total. The van der Waals surface area contributed by atoms with Gasteiger partial charge in [0.25, 0.3) is 0 Å².